The number of alkyl carbamates (subject to hydrolysis) is 2. The van der Waals surface area contributed by atoms with Crippen LogP contribution in [-0.4, -0.2) is 47.8 Å². The Balaban J connectivity index is 1.63. The highest BCUT2D eigenvalue weighted by Crippen LogP contribution is 2.04. The number of carbonyl (C=O) groups excluding carboxylic acids is 3. The second kappa shape index (κ2) is 14.9. The zero-order valence-corrected chi connectivity index (χ0v) is 19.6. The number of amides is 3. The summed E-state index contributed by atoms with van der Waals surface area (Å²) in [6, 6.07) is 16.2. The van der Waals surface area contributed by atoms with Crippen molar-refractivity contribution in [1.29, 1.82) is 0 Å². The van der Waals surface area contributed by atoms with Gasteiger partial charge in [0.05, 0.1) is 0 Å². The van der Waals surface area contributed by atoms with Gasteiger partial charge in [-0.2, -0.15) is 0 Å². The number of hydrogen-bond acceptors (Lipinski definition) is 6. The van der Waals surface area contributed by atoms with Crippen LogP contribution < -0.4 is 16.0 Å². The SMILES string of the molecule is C[C@H](NC(=O)OCc1ccccc1)C(=O)N[C@@H](CCCCNC(=O)OCc1ccccc1)C(=O)O. The van der Waals surface area contributed by atoms with Gasteiger partial charge in [-0.25, -0.2) is 14.4 Å². The molecule has 0 aliphatic carbocycles. The van der Waals surface area contributed by atoms with Crippen molar-refractivity contribution in [3.63, 3.8) is 0 Å². The van der Waals surface area contributed by atoms with Gasteiger partial charge in [0.25, 0.3) is 0 Å². The minimum Gasteiger partial charge on any atom is -0.480 e. The van der Waals surface area contributed by atoms with E-state index in [-0.39, 0.29) is 19.6 Å². The standard InChI is InChI=1S/C25H31N3O7/c1-18(27-25(33)35-17-20-12-6-3-7-13-20)22(29)28-21(23(30)31)14-8-9-15-26-24(32)34-16-19-10-4-2-5-11-19/h2-7,10-13,18,21H,8-9,14-17H2,1H3,(H,26,32)(H,27,33)(H,28,29)(H,30,31)/t18-,21-/m0/s1. The third-order valence-corrected chi connectivity index (χ3v) is 4.96. The normalized spacial score (nSPS) is 12.0. The number of unbranched alkanes of at least 4 members (excludes halogenated alkanes) is 1. The summed E-state index contributed by atoms with van der Waals surface area (Å²) in [5.41, 5.74) is 1.67. The van der Waals surface area contributed by atoms with Crippen LogP contribution in [-0.2, 0) is 32.3 Å². The molecule has 35 heavy (non-hydrogen) atoms. The van der Waals surface area contributed by atoms with E-state index in [0.29, 0.717) is 19.4 Å². The third-order valence-electron chi connectivity index (χ3n) is 4.96. The molecule has 10 nitrogen and oxygen atoms in total. The Morgan fingerprint density at radius 1 is 0.800 bits per heavy atom. The molecule has 4 N–H and O–H groups in total. The minimum absolute atomic E-state index is 0.0482. The van der Waals surface area contributed by atoms with Crippen LogP contribution in [0.4, 0.5) is 9.59 Å². The summed E-state index contributed by atoms with van der Waals surface area (Å²) in [5, 5.41) is 16.8. The van der Waals surface area contributed by atoms with Gasteiger partial charge >= 0.3 is 18.2 Å². The van der Waals surface area contributed by atoms with Crippen LogP contribution in [0.25, 0.3) is 0 Å². The summed E-state index contributed by atoms with van der Waals surface area (Å²) in [4.78, 5) is 47.5. The Morgan fingerprint density at radius 2 is 1.34 bits per heavy atom. The van der Waals surface area contributed by atoms with Crippen LogP contribution in [0, 0.1) is 0 Å². The van der Waals surface area contributed by atoms with Crippen molar-refractivity contribution in [2.45, 2.75) is 51.5 Å². The lowest BCUT2D eigenvalue weighted by molar-refractivity contribution is -0.142. The second-order valence-corrected chi connectivity index (χ2v) is 7.81. The fourth-order valence-electron chi connectivity index (χ4n) is 3.00. The molecule has 0 aliphatic heterocycles. The molecule has 0 spiro atoms. The summed E-state index contributed by atoms with van der Waals surface area (Å²) in [6.07, 6.45) is -0.242. The molecule has 2 rings (SSSR count). The average Bonchev–Trinajstić information content (AvgIpc) is 2.86. The summed E-state index contributed by atoms with van der Waals surface area (Å²) in [7, 11) is 0. The highest BCUT2D eigenvalue weighted by molar-refractivity contribution is 5.88. The molecule has 3 amide bonds. The number of aliphatic carboxylic acids is 1. The first-order chi connectivity index (χ1) is 16.8. The first kappa shape index (κ1) is 27.2. The quantitative estimate of drug-likeness (QED) is 0.319. The lowest BCUT2D eigenvalue weighted by Crippen LogP contribution is -2.50. The third kappa shape index (κ3) is 11.1. The zero-order chi connectivity index (χ0) is 25.5. The lowest BCUT2D eigenvalue weighted by atomic mass is 10.1. The van der Waals surface area contributed by atoms with Gasteiger partial charge in [0.2, 0.25) is 5.91 Å². The molecule has 0 saturated carbocycles. The van der Waals surface area contributed by atoms with Crippen LogP contribution >= 0.6 is 0 Å². The van der Waals surface area contributed by atoms with Crippen LogP contribution in [0.2, 0.25) is 0 Å². The number of benzene rings is 2. The summed E-state index contributed by atoms with van der Waals surface area (Å²) < 4.78 is 10.2. The molecule has 0 radical (unpaired) electrons. The van der Waals surface area contributed by atoms with E-state index in [0.717, 1.165) is 11.1 Å². The maximum atomic E-state index is 12.3. The predicted molar refractivity (Wildman–Crippen MR) is 127 cm³/mol. The van der Waals surface area contributed by atoms with Crippen LogP contribution in [0.3, 0.4) is 0 Å². The first-order valence-electron chi connectivity index (χ1n) is 11.3. The van der Waals surface area contributed by atoms with E-state index in [1.54, 1.807) is 12.1 Å². The highest BCUT2D eigenvalue weighted by Gasteiger charge is 2.24. The molecule has 0 heterocycles. The first-order valence-corrected chi connectivity index (χ1v) is 11.3. The van der Waals surface area contributed by atoms with Crippen molar-refractivity contribution in [3.8, 4) is 0 Å². The fraction of sp³-hybridized carbons (Fsp3) is 0.360. The van der Waals surface area contributed by atoms with E-state index in [1.807, 2.05) is 48.5 Å². The van der Waals surface area contributed by atoms with Crippen LogP contribution in [0.5, 0.6) is 0 Å². The molecule has 0 fully saturated rings. The maximum Gasteiger partial charge on any atom is 0.408 e. The smallest absolute Gasteiger partial charge is 0.408 e. The summed E-state index contributed by atoms with van der Waals surface area (Å²) in [5.74, 6) is -1.83. The van der Waals surface area contributed by atoms with E-state index in [9.17, 15) is 24.3 Å². The van der Waals surface area contributed by atoms with E-state index in [2.05, 4.69) is 16.0 Å². The minimum atomic E-state index is -1.19. The Bertz CT molecular complexity index is 954. The largest absolute Gasteiger partial charge is 0.480 e. The predicted octanol–water partition coefficient (Wildman–Crippen LogP) is 2.97. The van der Waals surface area contributed by atoms with Gasteiger partial charge < -0.3 is 30.5 Å². The summed E-state index contributed by atoms with van der Waals surface area (Å²) >= 11 is 0. The highest BCUT2D eigenvalue weighted by atomic mass is 16.6. The van der Waals surface area contributed by atoms with Gasteiger partial charge in [0, 0.05) is 6.54 Å². The van der Waals surface area contributed by atoms with Crippen LogP contribution in [0.1, 0.15) is 37.3 Å². The van der Waals surface area contributed by atoms with Crippen LogP contribution in [0.15, 0.2) is 60.7 Å². The summed E-state index contributed by atoms with van der Waals surface area (Å²) in [6.45, 7) is 1.94. The number of nitrogens with one attached hydrogen (secondary N) is 3. The fourth-order valence-corrected chi connectivity index (χ4v) is 3.00. The van der Waals surface area contributed by atoms with E-state index >= 15 is 0 Å². The molecular formula is C25H31N3O7. The maximum absolute atomic E-state index is 12.3. The Morgan fingerprint density at radius 3 is 1.89 bits per heavy atom. The molecule has 2 atom stereocenters. The van der Waals surface area contributed by atoms with Gasteiger partial charge in [-0.1, -0.05) is 60.7 Å². The number of carbonyl (C=O) groups is 4. The van der Waals surface area contributed by atoms with E-state index < -0.39 is 36.1 Å². The molecule has 0 saturated heterocycles. The zero-order valence-electron chi connectivity index (χ0n) is 19.6. The lowest BCUT2D eigenvalue weighted by Gasteiger charge is -2.18. The van der Waals surface area contributed by atoms with E-state index in [1.165, 1.54) is 6.92 Å². The number of carboxylic acid groups (broad SMARTS) is 1. The molecule has 0 aromatic heterocycles. The number of ether oxygens (including phenoxy) is 2. The van der Waals surface area contributed by atoms with Gasteiger partial charge in [-0.05, 0) is 37.3 Å². The van der Waals surface area contributed by atoms with Crippen molar-refractivity contribution in [2.75, 3.05) is 6.54 Å². The van der Waals surface area contributed by atoms with Gasteiger partial charge in [0.1, 0.15) is 25.3 Å². The van der Waals surface area contributed by atoms with Crippen molar-refractivity contribution >= 4 is 24.1 Å². The molecule has 2 aromatic rings. The Labute approximate surface area is 204 Å². The second-order valence-electron chi connectivity index (χ2n) is 7.81. The Hall–Kier alpha value is -4.08. The van der Waals surface area contributed by atoms with E-state index in [4.69, 9.17) is 9.47 Å². The topological polar surface area (TPSA) is 143 Å². The van der Waals surface area contributed by atoms with Gasteiger partial charge in [0.15, 0.2) is 0 Å². The van der Waals surface area contributed by atoms with Crippen molar-refractivity contribution in [2.24, 2.45) is 0 Å². The molecule has 0 bridgehead atoms. The molecule has 2 aromatic carbocycles. The number of rotatable bonds is 13. The average molecular weight is 486 g/mol. The Kier molecular flexibility index (Phi) is 11.6. The number of hydrogen-bond donors (Lipinski definition) is 4. The monoisotopic (exact) mass is 485 g/mol. The van der Waals surface area contributed by atoms with Crippen molar-refractivity contribution in [1.82, 2.24) is 16.0 Å². The molecule has 0 aliphatic rings. The van der Waals surface area contributed by atoms with Crippen molar-refractivity contribution in [3.05, 3.63) is 71.8 Å². The van der Waals surface area contributed by atoms with Gasteiger partial charge in [-0.15, -0.1) is 0 Å². The molecule has 0 unspecified atom stereocenters. The number of carboxylic acids is 1. The van der Waals surface area contributed by atoms with Gasteiger partial charge in [-0.3, -0.25) is 4.79 Å². The molecular weight excluding hydrogens is 454 g/mol. The van der Waals surface area contributed by atoms with Crippen molar-refractivity contribution < 1.29 is 33.8 Å². The molecule has 188 valence electrons. The molecule has 10 heteroatoms.